The number of alkyl halides is 2. The summed E-state index contributed by atoms with van der Waals surface area (Å²) in [5.41, 5.74) is -0.178. The smallest absolute Gasteiger partial charge is 0.275 e. The molecule has 0 spiro atoms. The Kier molecular flexibility index (Phi) is 7.15. The second kappa shape index (κ2) is 9.68. The zero-order valence-corrected chi connectivity index (χ0v) is 21.1. The second-order valence-electron chi connectivity index (χ2n) is 11.3. The highest BCUT2D eigenvalue weighted by Crippen LogP contribution is 2.60. The molecule has 0 bridgehead atoms. The first-order valence-electron chi connectivity index (χ1n) is 12.7. The molecule has 1 aromatic carbocycles. The molecule has 8 heteroatoms. The minimum absolute atomic E-state index is 0.0719. The Balaban J connectivity index is 1.47. The van der Waals surface area contributed by atoms with Gasteiger partial charge in [-0.3, -0.25) is 0 Å². The fourth-order valence-corrected chi connectivity index (χ4v) is 6.54. The van der Waals surface area contributed by atoms with Crippen molar-refractivity contribution in [3.63, 3.8) is 0 Å². The van der Waals surface area contributed by atoms with Crippen molar-refractivity contribution in [1.29, 1.82) is 0 Å². The predicted octanol–water partition coefficient (Wildman–Crippen LogP) is 6.44. The quantitative estimate of drug-likeness (QED) is 0.432. The first-order chi connectivity index (χ1) is 16.4. The number of aromatic nitrogens is 4. The van der Waals surface area contributed by atoms with Gasteiger partial charge in [-0.05, 0) is 98.1 Å². The van der Waals surface area contributed by atoms with E-state index in [4.69, 9.17) is 0 Å². The van der Waals surface area contributed by atoms with Crippen molar-refractivity contribution in [2.75, 3.05) is 0 Å². The summed E-state index contributed by atoms with van der Waals surface area (Å²) in [6, 6.07) is 6.48. The van der Waals surface area contributed by atoms with Crippen molar-refractivity contribution in [3.05, 3.63) is 41.7 Å². The van der Waals surface area contributed by atoms with Crippen molar-refractivity contribution < 1.29 is 18.3 Å². The van der Waals surface area contributed by atoms with Gasteiger partial charge in [0.1, 0.15) is 11.4 Å². The molecule has 192 valence electrons. The lowest BCUT2D eigenvalue weighted by atomic mass is 9.60. The second-order valence-corrected chi connectivity index (χ2v) is 11.3. The predicted molar refractivity (Wildman–Crippen MR) is 129 cm³/mol. The summed E-state index contributed by atoms with van der Waals surface area (Å²) in [5.74, 6) is -2.11. The molecule has 35 heavy (non-hydrogen) atoms. The van der Waals surface area contributed by atoms with E-state index in [0.717, 1.165) is 32.1 Å². The molecule has 0 radical (unpaired) electrons. The van der Waals surface area contributed by atoms with Crippen LogP contribution < -0.4 is 0 Å². The fourth-order valence-electron chi connectivity index (χ4n) is 6.54. The van der Waals surface area contributed by atoms with Crippen LogP contribution in [0.3, 0.4) is 0 Å². The van der Waals surface area contributed by atoms with Gasteiger partial charge in [0.05, 0.1) is 12.1 Å². The minimum Gasteiger partial charge on any atom is -0.384 e. The molecule has 2 fully saturated rings. The highest BCUT2D eigenvalue weighted by Gasteiger charge is 2.51. The maximum atomic E-state index is 14.4. The van der Waals surface area contributed by atoms with Crippen LogP contribution in [0, 0.1) is 29.0 Å². The van der Waals surface area contributed by atoms with Crippen LogP contribution in [0.1, 0.15) is 72.6 Å². The first-order valence-corrected chi connectivity index (χ1v) is 12.7. The minimum atomic E-state index is -3.10. The van der Waals surface area contributed by atoms with Crippen LogP contribution in [-0.2, 0) is 6.54 Å². The van der Waals surface area contributed by atoms with Gasteiger partial charge < -0.3 is 5.11 Å². The summed E-state index contributed by atoms with van der Waals surface area (Å²) < 4.78 is 44.7. The van der Waals surface area contributed by atoms with Crippen LogP contribution >= 0.6 is 0 Å². The number of hydrogen-bond acceptors (Lipinski definition) is 4. The first kappa shape index (κ1) is 25.9. The molecule has 0 saturated heterocycles. The summed E-state index contributed by atoms with van der Waals surface area (Å²) in [7, 11) is 0. The standard InChI is InChI=1S/C27H37F3N4O/c1-18(13-16-27(29,30)25(2,3)35)21-11-12-22-19(8-7-15-26(21,22)4)14-17-34-24(31-32-33-34)20-9-5-6-10-23(20)28/h5-6,9-10,14,18,21-22,35H,7-8,11-13,15-17H2,1-4H3/b19-14+/t18-,21-,22+,26-/m1/s1. The number of rotatable bonds is 8. The van der Waals surface area contributed by atoms with Crippen molar-refractivity contribution in [1.82, 2.24) is 20.2 Å². The van der Waals surface area contributed by atoms with Crippen LogP contribution in [0.5, 0.6) is 0 Å². The van der Waals surface area contributed by atoms with Gasteiger partial charge in [-0.2, -0.15) is 0 Å². The molecule has 0 aliphatic heterocycles. The highest BCUT2D eigenvalue weighted by atomic mass is 19.3. The van der Waals surface area contributed by atoms with Crippen molar-refractivity contribution in [2.24, 2.45) is 23.2 Å². The lowest BCUT2D eigenvalue weighted by molar-refractivity contribution is -0.168. The van der Waals surface area contributed by atoms with E-state index in [1.807, 2.05) is 0 Å². The molecule has 4 rings (SSSR count). The van der Waals surface area contributed by atoms with Gasteiger partial charge in [-0.15, -0.1) is 5.10 Å². The van der Waals surface area contributed by atoms with E-state index in [1.165, 1.54) is 25.5 Å². The van der Waals surface area contributed by atoms with Crippen LogP contribution in [0.2, 0.25) is 0 Å². The van der Waals surface area contributed by atoms with E-state index in [-0.39, 0.29) is 23.6 Å². The molecule has 0 amide bonds. The van der Waals surface area contributed by atoms with Gasteiger partial charge in [0, 0.05) is 6.42 Å². The van der Waals surface area contributed by atoms with E-state index in [9.17, 15) is 18.3 Å². The van der Waals surface area contributed by atoms with Crippen LogP contribution in [0.4, 0.5) is 13.2 Å². The number of halogens is 3. The topological polar surface area (TPSA) is 63.8 Å². The summed E-state index contributed by atoms with van der Waals surface area (Å²) in [5, 5.41) is 21.7. The molecule has 0 unspecified atom stereocenters. The SMILES string of the molecule is C[C@H](CCC(F)(F)C(C)(C)O)[C@H]1CC[C@H]2/C(=C/Cn3nnnc3-c3ccccc3F)CCC[C@]12C. The average molecular weight is 491 g/mol. The Hall–Kier alpha value is -2.22. The highest BCUT2D eigenvalue weighted by molar-refractivity contribution is 5.55. The maximum Gasteiger partial charge on any atom is 0.275 e. The van der Waals surface area contributed by atoms with Crippen LogP contribution in [-0.4, -0.2) is 36.8 Å². The molecule has 1 heterocycles. The third-order valence-corrected chi connectivity index (χ3v) is 8.71. The van der Waals surface area contributed by atoms with Crippen LogP contribution in [0.15, 0.2) is 35.9 Å². The maximum absolute atomic E-state index is 14.4. The van der Waals surface area contributed by atoms with Crippen molar-refractivity contribution in [3.8, 4) is 11.4 Å². The molecule has 2 aliphatic rings. The molecule has 4 atom stereocenters. The Morgan fingerprint density at radius 1 is 1.26 bits per heavy atom. The van der Waals surface area contributed by atoms with Crippen molar-refractivity contribution >= 4 is 0 Å². The molecule has 2 aliphatic carbocycles. The normalized spacial score (nSPS) is 27.3. The monoisotopic (exact) mass is 490 g/mol. The van der Waals surface area contributed by atoms with Gasteiger partial charge in [0.25, 0.3) is 5.92 Å². The third-order valence-electron chi connectivity index (χ3n) is 8.71. The van der Waals surface area contributed by atoms with E-state index in [2.05, 4.69) is 35.4 Å². The van der Waals surface area contributed by atoms with E-state index in [1.54, 1.807) is 22.9 Å². The largest absolute Gasteiger partial charge is 0.384 e. The number of allylic oxidation sites excluding steroid dienone is 2. The molecule has 1 N–H and O–H groups in total. The zero-order chi connectivity index (χ0) is 25.4. The lowest BCUT2D eigenvalue weighted by Crippen LogP contribution is -2.43. The summed E-state index contributed by atoms with van der Waals surface area (Å²) >= 11 is 0. The van der Waals surface area contributed by atoms with Gasteiger partial charge in [0.15, 0.2) is 5.82 Å². The Morgan fingerprint density at radius 3 is 2.71 bits per heavy atom. The zero-order valence-electron chi connectivity index (χ0n) is 21.1. The third kappa shape index (κ3) is 5.04. The number of tetrazole rings is 1. The number of fused-ring (bicyclic) bond motifs is 1. The number of nitrogens with zero attached hydrogens (tertiary/aromatic N) is 4. The summed E-state index contributed by atoms with van der Waals surface area (Å²) in [4.78, 5) is 0. The molecule has 5 nitrogen and oxygen atoms in total. The Labute approximate surface area is 205 Å². The lowest BCUT2D eigenvalue weighted by Gasteiger charge is -2.44. The molecular weight excluding hydrogens is 453 g/mol. The van der Waals surface area contributed by atoms with E-state index >= 15 is 0 Å². The van der Waals surface area contributed by atoms with Gasteiger partial charge in [-0.1, -0.05) is 37.6 Å². The Morgan fingerprint density at radius 2 is 2.00 bits per heavy atom. The molecular formula is C27H37F3N4O. The molecule has 1 aromatic heterocycles. The van der Waals surface area contributed by atoms with Gasteiger partial charge >= 0.3 is 0 Å². The van der Waals surface area contributed by atoms with Crippen molar-refractivity contribution in [2.45, 2.75) is 90.7 Å². The summed E-state index contributed by atoms with van der Waals surface area (Å²) in [6.07, 6.45) is 7.55. The Bertz CT molecular complexity index is 1060. The fraction of sp³-hybridized carbons (Fsp3) is 0.667. The summed E-state index contributed by atoms with van der Waals surface area (Å²) in [6.45, 7) is 7.26. The van der Waals surface area contributed by atoms with Gasteiger partial charge in [-0.25, -0.2) is 17.9 Å². The average Bonchev–Trinajstić information content (AvgIpc) is 3.39. The number of benzene rings is 1. The van der Waals surface area contributed by atoms with Gasteiger partial charge in [0.2, 0.25) is 0 Å². The molecule has 2 saturated carbocycles. The van der Waals surface area contributed by atoms with E-state index < -0.39 is 11.5 Å². The van der Waals surface area contributed by atoms with Crippen LogP contribution in [0.25, 0.3) is 11.4 Å². The number of aliphatic hydroxyl groups is 1. The van der Waals surface area contributed by atoms with E-state index in [0.29, 0.717) is 36.2 Å². The molecule has 2 aromatic rings. The number of hydrogen-bond donors (Lipinski definition) is 1.